The monoisotopic (exact) mass is 376 g/mol. The van der Waals surface area contributed by atoms with E-state index in [1.807, 2.05) is 12.1 Å². The average Bonchev–Trinajstić information content (AvgIpc) is 2.58. The van der Waals surface area contributed by atoms with Crippen molar-refractivity contribution in [3.8, 4) is 0 Å². The van der Waals surface area contributed by atoms with Crippen molar-refractivity contribution >= 4 is 33.2 Å². The summed E-state index contributed by atoms with van der Waals surface area (Å²) in [5.41, 5.74) is 1.84. The van der Waals surface area contributed by atoms with Crippen LogP contribution in [0, 0.1) is 5.82 Å². The fourth-order valence-corrected chi connectivity index (χ4v) is 3.09. The summed E-state index contributed by atoms with van der Waals surface area (Å²) in [4.78, 5) is 14.6. The lowest BCUT2D eigenvalue weighted by molar-refractivity contribution is 0.102. The molecule has 1 N–H and O–H groups in total. The smallest absolute Gasteiger partial charge is 0.255 e. The first-order valence-corrected chi connectivity index (χ1v) is 8.54. The molecule has 0 unspecified atom stereocenters. The molecule has 2 aromatic carbocycles. The summed E-state index contributed by atoms with van der Waals surface area (Å²) in [6, 6.07) is 12.1. The normalized spacial score (nSPS) is 14.6. The molecule has 0 radical (unpaired) electrons. The number of rotatable bonds is 3. The van der Waals surface area contributed by atoms with Crippen molar-refractivity contribution in [1.29, 1.82) is 0 Å². The van der Waals surface area contributed by atoms with Crippen LogP contribution in [0.3, 0.4) is 0 Å². The number of carbonyl (C=O) groups is 1. The Kier molecular flexibility index (Phi) is 4.96. The number of nitrogens with one attached hydrogen (secondary N) is 1. The molecule has 23 heavy (non-hydrogen) atoms. The lowest BCUT2D eigenvalue weighted by atomic mass is 10.1. The molecule has 0 aromatic heterocycles. The van der Waals surface area contributed by atoms with Crippen LogP contribution in [0.1, 0.15) is 29.6 Å². The SMILES string of the molecule is O=C(Nc1ccc(Br)cc1F)c1ccc(N2CCCCC2)cc1. The van der Waals surface area contributed by atoms with Gasteiger partial charge in [0.25, 0.3) is 5.91 Å². The van der Waals surface area contributed by atoms with E-state index in [0.29, 0.717) is 10.0 Å². The predicted molar refractivity (Wildman–Crippen MR) is 94.6 cm³/mol. The number of hydrogen-bond donors (Lipinski definition) is 1. The Morgan fingerprint density at radius 2 is 1.74 bits per heavy atom. The molecule has 1 aliphatic heterocycles. The van der Waals surface area contributed by atoms with Gasteiger partial charge in [-0.15, -0.1) is 0 Å². The number of piperidine rings is 1. The van der Waals surface area contributed by atoms with Gasteiger partial charge in [-0.2, -0.15) is 0 Å². The van der Waals surface area contributed by atoms with Crippen LogP contribution in [0.15, 0.2) is 46.9 Å². The first-order chi connectivity index (χ1) is 11.1. The summed E-state index contributed by atoms with van der Waals surface area (Å²) in [5, 5.41) is 2.60. The summed E-state index contributed by atoms with van der Waals surface area (Å²) in [7, 11) is 0. The first-order valence-electron chi connectivity index (χ1n) is 7.75. The van der Waals surface area contributed by atoms with Crippen LogP contribution < -0.4 is 10.2 Å². The molecule has 1 fully saturated rings. The minimum Gasteiger partial charge on any atom is -0.372 e. The molecule has 3 nitrogen and oxygen atoms in total. The van der Waals surface area contributed by atoms with Gasteiger partial charge in [-0.3, -0.25) is 4.79 Å². The average molecular weight is 377 g/mol. The van der Waals surface area contributed by atoms with Crippen LogP contribution in [0.5, 0.6) is 0 Å². The van der Waals surface area contributed by atoms with Crippen LogP contribution in [-0.4, -0.2) is 19.0 Å². The van der Waals surface area contributed by atoms with Crippen molar-refractivity contribution in [2.75, 3.05) is 23.3 Å². The Morgan fingerprint density at radius 3 is 2.39 bits per heavy atom. The van der Waals surface area contributed by atoms with Gasteiger partial charge in [0, 0.05) is 28.8 Å². The van der Waals surface area contributed by atoms with Gasteiger partial charge < -0.3 is 10.2 Å². The van der Waals surface area contributed by atoms with Crippen molar-refractivity contribution in [2.24, 2.45) is 0 Å². The van der Waals surface area contributed by atoms with Gasteiger partial charge in [-0.05, 0) is 61.7 Å². The maximum Gasteiger partial charge on any atom is 0.255 e. The number of hydrogen-bond acceptors (Lipinski definition) is 2. The second kappa shape index (κ2) is 7.13. The zero-order valence-electron chi connectivity index (χ0n) is 12.7. The highest BCUT2D eigenvalue weighted by atomic mass is 79.9. The largest absolute Gasteiger partial charge is 0.372 e. The number of anilines is 2. The number of benzene rings is 2. The number of halogens is 2. The van der Waals surface area contributed by atoms with Crippen LogP contribution in [0.2, 0.25) is 0 Å². The van der Waals surface area contributed by atoms with Gasteiger partial charge in [-0.25, -0.2) is 4.39 Å². The molecule has 1 saturated heterocycles. The lowest BCUT2D eigenvalue weighted by Gasteiger charge is -2.28. The zero-order chi connectivity index (χ0) is 16.2. The van der Waals surface area contributed by atoms with Crippen LogP contribution in [0.4, 0.5) is 15.8 Å². The van der Waals surface area contributed by atoms with Gasteiger partial charge >= 0.3 is 0 Å². The summed E-state index contributed by atoms with van der Waals surface area (Å²) in [6.45, 7) is 2.13. The topological polar surface area (TPSA) is 32.3 Å². The van der Waals surface area contributed by atoms with Crippen LogP contribution >= 0.6 is 15.9 Å². The Labute approximate surface area is 143 Å². The minimum atomic E-state index is -0.460. The maximum absolute atomic E-state index is 13.8. The molecule has 1 aliphatic rings. The highest BCUT2D eigenvalue weighted by molar-refractivity contribution is 9.10. The van der Waals surface area contributed by atoms with Gasteiger partial charge in [-0.1, -0.05) is 15.9 Å². The van der Waals surface area contributed by atoms with Crippen LogP contribution in [0.25, 0.3) is 0 Å². The molecular weight excluding hydrogens is 359 g/mol. The van der Waals surface area contributed by atoms with Gasteiger partial charge in [0.15, 0.2) is 0 Å². The fraction of sp³-hybridized carbons (Fsp3) is 0.278. The second-order valence-corrected chi connectivity index (χ2v) is 6.59. The summed E-state index contributed by atoms with van der Waals surface area (Å²) in [6.07, 6.45) is 3.71. The van der Waals surface area contributed by atoms with E-state index < -0.39 is 5.82 Å². The molecule has 0 spiro atoms. The van der Waals surface area contributed by atoms with E-state index >= 15 is 0 Å². The van der Waals surface area contributed by atoms with Crippen molar-refractivity contribution in [2.45, 2.75) is 19.3 Å². The van der Waals surface area contributed by atoms with Gasteiger partial charge in [0.05, 0.1) is 5.69 Å². The van der Waals surface area contributed by atoms with Crippen molar-refractivity contribution in [3.63, 3.8) is 0 Å². The molecule has 0 atom stereocenters. The second-order valence-electron chi connectivity index (χ2n) is 5.67. The molecule has 0 aliphatic carbocycles. The molecule has 1 amide bonds. The number of amides is 1. The summed E-state index contributed by atoms with van der Waals surface area (Å²) >= 11 is 3.20. The standard InChI is InChI=1S/C18H18BrFN2O/c19-14-6-9-17(16(20)12-14)21-18(23)13-4-7-15(8-5-13)22-10-2-1-3-11-22/h4-9,12H,1-3,10-11H2,(H,21,23). The van der Waals surface area contributed by atoms with E-state index in [-0.39, 0.29) is 11.6 Å². The highest BCUT2D eigenvalue weighted by Crippen LogP contribution is 2.22. The van der Waals surface area contributed by atoms with E-state index in [4.69, 9.17) is 0 Å². The molecule has 0 saturated carbocycles. The van der Waals surface area contributed by atoms with Crippen molar-refractivity contribution < 1.29 is 9.18 Å². The third-order valence-electron chi connectivity index (χ3n) is 4.03. The van der Waals surface area contributed by atoms with E-state index in [2.05, 4.69) is 26.1 Å². The predicted octanol–water partition coefficient (Wildman–Crippen LogP) is 4.83. The summed E-state index contributed by atoms with van der Waals surface area (Å²) in [5.74, 6) is -0.769. The number of carbonyl (C=O) groups excluding carboxylic acids is 1. The molecule has 5 heteroatoms. The number of nitrogens with zero attached hydrogens (tertiary/aromatic N) is 1. The minimum absolute atomic E-state index is 0.179. The lowest BCUT2D eigenvalue weighted by Crippen LogP contribution is -2.29. The van der Waals surface area contributed by atoms with E-state index in [9.17, 15) is 9.18 Å². The van der Waals surface area contributed by atoms with Crippen LogP contribution in [-0.2, 0) is 0 Å². The quantitative estimate of drug-likeness (QED) is 0.831. The first kappa shape index (κ1) is 16.0. The maximum atomic E-state index is 13.8. The van der Waals surface area contributed by atoms with Crippen molar-refractivity contribution in [1.82, 2.24) is 0 Å². The van der Waals surface area contributed by atoms with E-state index in [1.54, 1.807) is 24.3 Å². The Hall–Kier alpha value is -1.88. The Morgan fingerprint density at radius 1 is 1.04 bits per heavy atom. The molecule has 0 bridgehead atoms. The molecule has 2 aromatic rings. The Bertz CT molecular complexity index is 697. The zero-order valence-corrected chi connectivity index (χ0v) is 14.3. The summed E-state index contributed by atoms with van der Waals surface area (Å²) < 4.78 is 14.4. The van der Waals surface area contributed by atoms with E-state index in [0.717, 1.165) is 18.8 Å². The fourth-order valence-electron chi connectivity index (χ4n) is 2.76. The molecule has 3 rings (SSSR count). The third-order valence-corrected chi connectivity index (χ3v) is 4.52. The highest BCUT2D eigenvalue weighted by Gasteiger charge is 2.13. The molecular formula is C18H18BrFN2O. The van der Waals surface area contributed by atoms with Gasteiger partial charge in [0.1, 0.15) is 5.82 Å². The van der Waals surface area contributed by atoms with Crippen molar-refractivity contribution in [3.05, 3.63) is 58.3 Å². The van der Waals surface area contributed by atoms with E-state index in [1.165, 1.54) is 25.3 Å². The van der Waals surface area contributed by atoms with Gasteiger partial charge in [0.2, 0.25) is 0 Å². The molecule has 120 valence electrons. The Balaban J connectivity index is 1.69. The third kappa shape index (κ3) is 3.91. The molecule has 1 heterocycles.